The van der Waals surface area contributed by atoms with Gasteiger partial charge >= 0.3 is 0 Å². The summed E-state index contributed by atoms with van der Waals surface area (Å²) in [5.74, 6) is 0.102. The molecule has 3 heteroatoms. The Labute approximate surface area is 104 Å². The molecule has 1 aromatic rings. The molecule has 94 valence electrons. The highest BCUT2D eigenvalue weighted by atomic mass is 16.1. The number of rotatable bonds is 5. The number of nitrogens with zero attached hydrogens (tertiary/aromatic N) is 1. The number of hydrogen-bond donors (Lipinski definition) is 1. The molecule has 0 aromatic heterocycles. The number of Topliss-reactive ketones (excluding diaryl/α,β-unsaturated/α-hetero) is 1. The van der Waals surface area contributed by atoms with Crippen molar-refractivity contribution in [2.75, 3.05) is 26.0 Å². The number of hydrogen-bond acceptors (Lipinski definition) is 3. The van der Waals surface area contributed by atoms with E-state index in [1.807, 2.05) is 24.3 Å². The van der Waals surface area contributed by atoms with Crippen LogP contribution < -0.4 is 5.32 Å². The van der Waals surface area contributed by atoms with Crippen molar-refractivity contribution < 1.29 is 4.79 Å². The highest BCUT2D eigenvalue weighted by Crippen LogP contribution is 2.14. The first-order valence-corrected chi connectivity index (χ1v) is 5.85. The summed E-state index contributed by atoms with van der Waals surface area (Å²) in [4.78, 5) is 13.3. The number of ketones is 1. The van der Waals surface area contributed by atoms with Crippen molar-refractivity contribution in [1.82, 2.24) is 4.90 Å². The van der Waals surface area contributed by atoms with Crippen molar-refractivity contribution in [2.45, 2.75) is 26.3 Å². The lowest BCUT2D eigenvalue weighted by Gasteiger charge is -2.33. The highest BCUT2D eigenvalue weighted by molar-refractivity contribution is 5.94. The van der Waals surface area contributed by atoms with Gasteiger partial charge < -0.3 is 10.2 Å². The second kappa shape index (κ2) is 5.32. The number of nitrogens with one attached hydrogen (secondary N) is 1. The van der Waals surface area contributed by atoms with Crippen molar-refractivity contribution >= 4 is 11.5 Å². The quantitative estimate of drug-likeness (QED) is 0.795. The number of anilines is 1. The first kappa shape index (κ1) is 13.7. The van der Waals surface area contributed by atoms with Crippen LogP contribution in [0.2, 0.25) is 0 Å². The third-order valence-electron chi connectivity index (χ3n) is 3.23. The first-order chi connectivity index (χ1) is 7.83. The Morgan fingerprint density at radius 3 is 2.18 bits per heavy atom. The maximum Gasteiger partial charge on any atom is 0.159 e. The van der Waals surface area contributed by atoms with E-state index in [2.05, 4.69) is 38.2 Å². The molecular formula is C14H22N2O. The van der Waals surface area contributed by atoms with E-state index in [9.17, 15) is 4.79 Å². The van der Waals surface area contributed by atoms with E-state index in [1.54, 1.807) is 6.92 Å². The van der Waals surface area contributed by atoms with E-state index in [0.717, 1.165) is 17.8 Å². The SMILES string of the molecule is CC(=O)c1ccc(NCC(C)(C)N(C)C)cc1. The Kier molecular flexibility index (Phi) is 4.29. The van der Waals surface area contributed by atoms with Crippen LogP contribution in [-0.2, 0) is 0 Å². The molecule has 0 unspecified atom stereocenters. The van der Waals surface area contributed by atoms with E-state index >= 15 is 0 Å². The van der Waals surface area contributed by atoms with Crippen molar-refractivity contribution in [2.24, 2.45) is 0 Å². The van der Waals surface area contributed by atoms with Crippen LogP contribution in [0.1, 0.15) is 31.1 Å². The number of carbonyl (C=O) groups is 1. The molecule has 1 rings (SSSR count). The van der Waals surface area contributed by atoms with E-state index in [0.29, 0.717) is 0 Å². The molecule has 1 aromatic carbocycles. The zero-order chi connectivity index (χ0) is 13.1. The third-order valence-corrected chi connectivity index (χ3v) is 3.23. The summed E-state index contributed by atoms with van der Waals surface area (Å²) in [6, 6.07) is 7.60. The molecule has 0 bridgehead atoms. The minimum absolute atomic E-state index is 0.0965. The van der Waals surface area contributed by atoms with Gasteiger partial charge in [-0.05, 0) is 59.1 Å². The fraction of sp³-hybridized carbons (Fsp3) is 0.500. The predicted molar refractivity (Wildman–Crippen MR) is 72.7 cm³/mol. The molecule has 0 amide bonds. The van der Waals surface area contributed by atoms with Gasteiger partial charge in [0.25, 0.3) is 0 Å². The first-order valence-electron chi connectivity index (χ1n) is 5.85. The molecule has 0 radical (unpaired) electrons. The molecule has 0 aliphatic carbocycles. The maximum atomic E-state index is 11.1. The Balaban J connectivity index is 2.62. The Bertz CT molecular complexity index is 380. The average molecular weight is 234 g/mol. The molecule has 17 heavy (non-hydrogen) atoms. The van der Waals surface area contributed by atoms with Crippen LogP contribution in [0.3, 0.4) is 0 Å². The van der Waals surface area contributed by atoms with Gasteiger partial charge in [-0.3, -0.25) is 4.79 Å². The zero-order valence-corrected chi connectivity index (χ0v) is 11.4. The van der Waals surface area contributed by atoms with Gasteiger partial charge in [-0.25, -0.2) is 0 Å². The van der Waals surface area contributed by atoms with Crippen LogP contribution in [0.4, 0.5) is 5.69 Å². The van der Waals surface area contributed by atoms with Crippen molar-refractivity contribution in [3.05, 3.63) is 29.8 Å². The molecule has 0 atom stereocenters. The Morgan fingerprint density at radius 1 is 1.24 bits per heavy atom. The topological polar surface area (TPSA) is 32.3 Å². The van der Waals surface area contributed by atoms with Crippen LogP contribution >= 0.6 is 0 Å². The van der Waals surface area contributed by atoms with Crippen LogP contribution in [-0.4, -0.2) is 36.9 Å². The van der Waals surface area contributed by atoms with Crippen LogP contribution in [0.5, 0.6) is 0 Å². The summed E-state index contributed by atoms with van der Waals surface area (Å²) in [7, 11) is 4.14. The maximum absolute atomic E-state index is 11.1. The summed E-state index contributed by atoms with van der Waals surface area (Å²) in [6.45, 7) is 6.81. The van der Waals surface area contributed by atoms with E-state index in [1.165, 1.54) is 0 Å². The number of likely N-dealkylation sites (N-methyl/N-ethyl adjacent to an activating group) is 1. The Morgan fingerprint density at radius 2 is 1.76 bits per heavy atom. The van der Waals surface area contributed by atoms with Crippen molar-refractivity contribution in [3.8, 4) is 0 Å². The van der Waals surface area contributed by atoms with Gasteiger partial charge in [0.15, 0.2) is 5.78 Å². The number of benzene rings is 1. The van der Waals surface area contributed by atoms with Gasteiger partial charge in [0.05, 0.1) is 0 Å². The smallest absolute Gasteiger partial charge is 0.159 e. The standard InChI is InChI=1S/C14H22N2O/c1-11(17)12-6-8-13(9-7-12)15-10-14(2,3)16(4)5/h6-9,15H,10H2,1-5H3. The van der Waals surface area contributed by atoms with Crippen LogP contribution in [0, 0.1) is 0 Å². The summed E-state index contributed by atoms with van der Waals surface area (Å²) >= 11 is 0. The second-order valence-electron chi connectivity index (χ2n) is 5.19. The highest BCUT2D eigenvalue weighted by Gasteiger charge is 2.19. The minimum Gasteiger partial charge on any atom is -0.383 e. The lowest BCUT2D eigenvalue weighted by molar-refractivity contribution is 0.101. The van der Waals surface area contributed by atoms with Gasteiger partial charge in [-0.15, -0.1) is 0 Å². The molecular weight excluding hydrogens is 212 g/mol. The fourth-order valence-corrected chi connectivity index (χ4v) is 1.30. The van der Waals surface area contributed by atoms with Gasteiger partial charge in [0.1, 0.15) is 0 Å². The lowest BCUT2D eigenvalue weighted by atomic mass is 10.0. The summed E-state index contributed by atoms with van der Waals surface area (Å²) < 4.78 is 0. The molecule has 0 saturated carbocycles. The molecule has 3 nitrogen and oxygen atoms in total. The van der Waals surface area contributed by atoms with E-state index in [-0.39, 0.29) is 11.3 Å². The van der Waals surface area contributed by atoms with Crippen molar-refractivity contribution in [3.63, 3.8) is 0 Å². The van der Waals surface area contributed by atoms with E-state index in [4.69, 9.17) is 0 Å². The van der Waals surface area contributed by atoms with Gasteiger partial charge in [0.2, 0.25) is 0 Å². The van der Waals surface area contributed by atoms with Gasteiger partial charge in [0, 0.05) is 23.3 Å². The lowest BCUT2D eigenvalue weighted by Crippen LogP contribution is -2.44. The molecule has 0 fully saturated rings. The molecule has 0 saturated heterocycles. The molecule has 0 heterocycles. The summed E-state index contributed by atoms with van der Waals surface area (Å²) in [5, 5.41) is 3.38. The summed E-state index contributed by atoms with van der Waals surface area (Å²) in [6.07, 6.45) is 0. The summed E-state index contributed by atoms with van der Waals surface area (Å²) in [5.41, 5.74) is 1.89. The molecule has 0 spiro atoms. The minimum atomic E-state index is 0.0965. The Hall–Kier alpha value is -1.35. The monoisotopic (exact) mass is 234 g/mol. The van der Waals surface area contributed by atoms with Crippen LogP contribution in [0.15, 0.2) is 24.3 Å². The van der Waals surface area contributed by atoms with Gasteiger partial charge in [-0.1, -0.05) is 0 Å². The molecule has 1 N–H and O–H groups in total. The zero-order valence-electron chi connectivity index (χ0n) is 11.4. The average Bonchev–Trinajstić information content (AvgIpc) is 2.27. The predicted octanol–water partition coefficient (Wildman–Crippen LogP) is 2.64. The number of carbonyl (C=O) groups excluding carboxylic acids is 1. The van der Waals surface area contributed by atoms with Gasteiger partial charge in [-0.2, -0.15) is 0 Å². The van der Waals surface area contributed by atoms with Crippen LogP contribution in [0.25, 0.3) is 0 Å². The largest absolute Gasteiger partial charge is 0.383 e. The molecule has 0 aliphatic rings. The fourth-order valence-electron chi connectivity index (χ4n) is 1.30. The normalized spacial score (nSPS) is 11.6. The third kappa shape index (κ3) is 3.86. The van der Waals surface area contributed by atoms with Crippen molar-refractivity contribution in [1.29, 1.82) is 0 Å². The molecule has 0 aliphatic heterocycles. The van der Waals surface area contributed by atoms with E-state index < -0.39 is 0 Å². The second-order valence-corrected chi connectivity index (χ2v) is 5.19.